The lowest BCUT2D eigenvalue weighted by atomic mass is 10.1. The van der Waals surface area contributed by atoms with Crippen LogP contribution in [0.25, 0.3) is 0 Å². The van der Waals surface area contributed by atoms with Gasteiger partial charge in [0.2, 0.25) is 5.88 Å². The molecule has 21 heavy (non-hydrogen) atoms. The molecule has 0 bridgehead atoms. The van der Waals surface area contributed by atoms with Gasteiger partial charge in [-0.1, -0.05) is 0 Å². The Morgan fingerprint density at radius 1 is 1.29 bits per heavy atom. The second-order valence-electron chi connectivity index (χ2n) is 6.27. The van der Waals surface area contributed by atoms with E-state index in [0.717, 1.165) is 16.8 Å². The van der Waals surface area contributed by atoms with Crippen molar-refractivity contribution in [3.63, 3.8) is 0 Å². The van der Waals surface area contributed by atoms with E-state index in [0.29, 0.717) is 18.4 Å². The number of nitrogens with zero attached hydrogens (tertiary/aromatic N) is 4. The zero-order valence-corrected chi connectivity index (χ0v) is 13.6. The molecule has 2 heterocycles. The molecule has 0 saturated heterocycles. The number of nitrogens with one attached hydrogen (secondary N) is 1. The van der Waals surface area contributed by atoms with E-state index in [2.05, 4.69) is 54.1 Å². The minimum atomic E-state index is 0.0256. The van der Waals surface area contributed by atoms with Gasteiger partial charge in [0.15, 0.2) is 0 Å². The molecular formula is C15H23N5O. The van der Waals surface area contributed by atoms with Crippen molar-refractivity contribution >= 4 is 0 Å². The van der Waals surface area contributed by atoms with Gasteiger partial charge < -0.3 is 10.1 Å². The van der Waals surface area contributed by atoms with Crippen molar-refractivity contribution in [2.45, 2.75) is 46.7 Å². The minimum Gasteiger partial charge on any atom is -0.404 e. The first-order chi connectivity index (χ1) is 9.74. The Balaban J connectivity index is 2.29. The van der Waals surface area contributed by atoms with Crippen LogP contribution in [0.2, 0.25) is 0 Å². The summed E-state index contributed by atoms with van der Waals surface area (Å²) in [6.45, 7) is 11.1. The molecule has 0 saturated carbocycles. The lowest BCUT2D eigenvalue weighted by Gasteiger charge is -2.22. The van der Waals surface area contributed by atoms with Crippen LogP contribution in [-0.2, 0) is 13.6 Å². The van der Waals surface area contributed by atoms with Crippen LogP contribution < -0.4 is 10.1 Å². The monoisotopic (exact) mass is 289 g/mol. The maximum absolute atomic E-state index is 5.76. The van der Waals surface area contributed by atoms with E-state index in [1.807, 2.05) is 6.92 Å². The number of aryl methyl sites for hydroxylation is 3. The zero-order valence-electron chi connectivity index (χ0n) is 13.6. The van der Waals surface area contributed by atoms with Gasteiger partial charge in [-0.05, 0) is 46.2 Å². The largest absolute Gasteiger partial charge is 0.404 e. The Bertz CT molecular complexity index is 627. The number of pyridine rings is 1. The van der Waals surface area contributed by atoms with E-state index in [4.69, 9.17) is 4.74 Å². The molecule has 0 spiro atoms. The Morgan fingerprint density at radius 3 is 2.57 bits per heavy atom. The molecule has 0 radical (unpaired) electrons. The molecule has 6 heteroatoms. The van der Waals surface area contributed by atoms with Crippen molar-refractivity contribution in [1.29, 1.82) is 0 Å². The van der Waals surface area contributed by atoms with Gasteiger partial charge in [0.05, 0.1) is 0 Å². The molecule has 0 aliphatic carbocycles. The number of hydrogen-bond acceptors (Lipinski definition) is 5. The minimum absolute atomic E-state index is 0.0256. The van der Waals surface area contributed by atoms with Crippen LogP contribution in [-0.4, -0.2) is 25.3 Å². The van der Waals surface area contributed by atoms with E-state index in [1.165, 1.54) is 0 Å². The molecule has 2 aromatic rings. The second kappa shape index (κ2) is 5.81. The van der Waals surface area contributed by atoms with Crippen molar-refractivity contribution in [2.75, 3.05) is 0 Å². The Kier molecular flexibility index (Phi) is 4.27. The highest BCUT2D eigenvalue weighted by Gasteiger charge is 2.16. The van der Waals surface area contributed by atoms with E-state index in [1.54, 1.807) is 18.1 Å². The van der Waals surface area contributed by atoms with Crippen LogP contribution in [0.4, 0.5) is 0 Å². The summed E-state index contributed by atoms with van der Waals surface area (Å²) in [6.07, 6.45) is 1.60. The average Bonchev–Trinajstić information content (AvgIpc) is 2.72. The predicted molar refractivity (Wildman–Crippen MR) is 81.4 cm³/mol. The average molecular weight is 289 g/mol. The van der Waals surface area contributed by atoms with Crippen LogP contribution >= 0.6 is 0 Å². The van der Waals surface area contributed by atoms with Crippen molar-refractivity contribution in [1.82, 2.24) is 25.1 Å². The van der Waals surface area contributed by atoms with Crippen LogP contribution in [0.5, 0.6) is 11.9 Å². The van der Waals surface area contributed by atoms with Crippen molar-refractivity contribution in [3.8, 4) is 11.9 Å². The maximum Gasteiger partial charge on any atom is 0.342 e. The molecule has 0 fully saturated rings. The second-order valence-corrected chi connectivity index (χ2v) is 6.27. The summed E-state index contributed by atoms with van der Waals surface area (Å²) in [4.78, 5) is 8.58. The summed E-state index contributed by atoms with van der Waals surface area (Å²) in [6, 6.07) is 2.37. The molecule has 0 aliphatic heterocycles. The maximum atomic E-state index is 5.76. The standard InChI is InChI=1S/C15H23N5O/c1-10-7-11(2)18-13(12(10)8-17-15(3,4)5)21-14-16-9-20(6)19-14/h7,9,17H,8H2,1-6H3. The normalized spacial score (nSPS) is 11.7. The number of aromatic nitrogens is 4. The van der Waals surface area contributed by atoms with Gasteiger partial charge in [0.25, 0.3) is 0 Å². The van der Waals surface area contributed by atoms with Gasteiger partial charge in [-0.2, -0.15) is 4.98 Å². The zero-order chi connectivity index (χ0) is 15.6. The van der Waals surface area contributed by atoms with E-state index >= 15 is 0 Å². The molecule has 1 N–H and O–H groups in total. The predicted octanol–water partition coefficient (Wildman–Crippen LogP) is 2.51. The fraction of sp³-hybridized carbons (Fsp3) is 0.533. The number of rotatable bonds is 4. The third-order valence-electron chi connectivity index (χ3n) is 3.00. The van der Waals surface area contributed by atoms with Crippen LogP contribution in [0.1, 0.15) is 37.6 Å². The van der Waals surface area contributed by atoms with Gasteiger partial charge in [-0.15, -0.1) is 5.10 Å². The molecule has 0 atom stereocenters. The highest BCUT2D eigenvalue weighted by molar-refractivity contribution is 5.37. The first-order valence-electron chi connectivity index (χ1n) is 7.00. The Hall–Kier alpha value is -1.95. The van der Waals surface area contributed by atoms with Gasteiger partial charge in [-0.3, -0.25) is 4.68 Å². The molecule has 0 amide bonds. The van der Waals surface area contributed by atoms with Crippen molar-refractivity contribution in [2.24, 2.45) is 7.05 Å². The summed E-state index contributed by atoms with van der Waals surface area (Å²) < 4.78 is 7.37. The third-order valence-corrected chi connectivity index (χ3v) is 3.00. The van der Waals surface area contributed by atoms with Crippen molar-refractivity contribution < 1.29 is 4.74 Å². The van der Waals surface area contributed by atoms with Gasteiger partial charge in [0.1, 0.15) is 6.33 Å². The molecule has 0 aliphatic rings. The quantitative estimate of drug-likeness (QED) is 0.937. The molecule has 0 aromatic carbocycles. The molecule has 6 nitrogen and oxygen atoms in total. The Morgan fingerprint density at radius 2 is 2.00 bits per heavy atom. The summed E-state index contributed by atoms with van der Waals surface area (Å²) in [5, 5.41) is 7.60. The van der Waals surface area contributed by atoms with Gasteiger partial charge >= 0.3 is 6.01 Å². The highest BCUT2D eigenvalue weighted by atomic mass is 16.5. The fourth-order valence-corrected chi connectivity index (χ4v) is 1.93. The van der Waals surface area contributed by atoms with E-state index in [9.17, 15) is 0 Å². The topological polar surface area (TPSA) is 64.9 Å². The lowest BCUT2D eigenvalue weighted by Crippen LogP contribution is -2.35. The molecular weight excluding hydrogens is 266 g/mol. The summed E-state index contributed by atoms with van der Waals surface area (Å²) in [5.74, 6) is 0.565. The highest BCUT2D eigenvalue weighted by Crippen LogP contribution is 2.25. The summed E-state index contributed by atoms with van der Waals surface area (Å²) in [5.41, 5.74) is 3.11. The third kappa shape index (κ3) is 4.26. The van der Waals surface area contributed by atoms with E-state index < -0.39 is 0 Å². The molecule has 2 rings (SSSR count). The lowest BCUT2D eigenvalue weighted by molar-refractivity contribution is 0.394. The van der Waals surface area contributed by atoms with Gasteiger partial charge in [0, 0.05) is 30.4 Å². The fourth-order valence-electron chi connectivity index (χ4n) is 1.93. The smallest absolute Gasteiger partial charge is 0.342 e. The number of ether oxygens (including phenoxy) is 1. The SMILES string of the molecule is Cc1cc(C)c(CNC(C)(C)C)c(Oc2ncn(C)n2)n1. The summed E-state index contributed by atoms with van der Waals surface area (Å²) in [7, 11) is 1.80. The van der Waals surface area contributed by atoms with Crippen molar-refractivity contribution in [3.05, 3.63) is 29.2 Å². The molecule has 114 valence electrons. The molecule has 0 unspecified atom stereocenters. The van der Waals surface area contributed by atoms with Crippen LogP contribution in [0, 0.1) is 13.8 Å². The van der Waals surface area contributed by atoms with Crippen LogP contribution in [0.3, 0.4) is 0 Å². The first kappa shape index (κ1) is 15.4. The van der Waals surface area contributed by atoms with Gasteiger partial charge in [-0.25, -0.2) is 4.98 Å². The summed E-state index contributed by atoms with van der Waals surface area (Å²) >= 11 is 0. The first-order valence-corrected chi connectivity index (χ1v) is 7.00. The van der Waals surface area contributed by atoms with E-state index in [-0.39, 0.29) is 5.54 Å². The number of hydrogen-bond donors (Lipinski definition) is 1. The Labute approximate surface area is 125 Å². The van der Waals surface area contributed by atoms with Crippen LogP contribution in [0.15, 0.2) is 12.4 Å². The molecule has 2 aromatic heterocycles.